The van der Waals surface area contributed by atoms with E-state index in [0.29, 0.717) is 18.5 Å². The van der Waals surface area contributed by atoms with Gasteiger partial charge in [0.25, 0.3) is 0 Å². The minimum Gasteiger partial charge on any atom is -0.396 e. The van der Waals surface area contributed by atoms with Crippen molar-refractivity contribution in [2.24, 2.45) is 0 Å². The summed E-state index contributed by atoms with van der Waals surface area (Å²) in [6.45, 7) is 3.86. The molecule has 130 valence electrons. The van der Waals surface area contributed by atoms with Crippen LogP contribution in [-0.2, 0) is 5.60 Å². The van der Waals surface area contributed by atoms with Crippen molar-refractivity contribution in [2.75, 3.05) is 6.61 Å². The van der Waals surface area contributed by atoms with Gasteiger partial charge in [-0.1, -0.05) is 48.0 Å². The van der Waals surface area contributed by atoms with Gasteiger partial charge >= 0.3 is 0 Å². The Morgan fingerprint density at radius 1 is 1.04 bits per heavy atom. The van der Waals surface area contributed by atoms with Crippen molar-refractivity contribution in [3.8, 4) is 16.9 Å². The molecule has 0 amide bonds. The Balaban J connectivity index is 2.10. The second-order valence-corrected chi connectivity index (χ2v) is 6.63. The number of rotatable bonds is 6. The average Bonchev–Trinajstić information content (AvgIpc) is 3.08. The van der Waals surface area contributed by atoms with E-state index in [4.69, 9.17) is 10.2 Å². The van der Waals surface area contributed by atoms with Crippen molar-refractivity contribution in [1.29, 1.82) is 0 Å². The molecule has 1 aromatic heterocycles. The van der Waals surface area contributed by atoms with Crippen LogP contribution in [0.1, 0.15) is 31.0 Å². The number of benzene rings is 2. The molecular formula is C21H24N2O2. The average molecular weight is 336 g/mol. The number of aromatic nitrogens is 2. The van der Waals surface area contributed by atoms with Crippen LogP contribution in [0, 0.1) is 6.92 Å². The molecule has 0 aliphatic heterocycles. The Labute approximate surface area is 148 Å². The summed E-state index contributed by atoms with van der Waals surface area (Å²) in [4.78, 5) is 0. The third-order valence-corrected chi connectivity index (χ3v) is 4.43. The first kappa shape index (κ1) is 17.4. The molecule has 0 aliphatic rings. The predicted octanol–water partition coefficient (Wildman–Crippen LogP) is 3.83. The molecule has 0 aliphatic carbocycles. The van der Waals surface area contributed by atoms with Crippen molar-refractivity contribution in [3.63, 3.8) is 0 Å². The molecule has 4 heteroatoms. The number of aliphatic hydroxyl groups excluding tert-OH is 1. The zero-order valence-corrected chi connectivity index (χ0v) is 14.7. The molecule has 4 nitrogen and oxygen atoms in total. The zero-order valence-electron chi connectivity index (χ0n) is 14.7. The number of hydrogen-bond acceptors (Lipinski definition) is 3. The molecule has 1 atom stereocenters. The van der Waals surface area contributed by atoms with E-state index < -0.39 is 5.60 Å². The van der Waals surface area contributed by atoms with E-state index in [9.17, 15) is 5.11 Å². The van der Waals surface area contributed by atoms with Crippen molar-refractivity contribution >= 4 is 0 Å². The molecule has 0 radical (unpaired) electrons. The summed E-state index contributed by atoms with van der Waals surface area (Å²) >= 11 is 0. The van der Waals surface area contributed by atoms with Crippen LogP contribution in [0.2, 0.25) is 0 Å². The maximum absolute atomic E-state index is 10.8. The van der Waals surface area contributed by atoms with Gasteiger partial charge in [0.05, 0.1) is 17.1 Å². The smallest absolute Gasteiger partial charge is 0.106 e. The molecule has 3 aromatic rings. The monoisotopic (exact) mass is 336 g/mol. The molecule has 0 bridgehead atoms. The van der Waals surface area contributed by atoms with Crippen LogP contribution >= 0.6 is 0 Å². The minimum atomic E-state index is -1.08. The number of nitrogens with zero attached hydrogens (tertiary/aromatic N) is 2. The van der Waals surface area contributed by atoms with Gasteiger partial charge in [-0.25, -0.2) is 4.68 Å². The largest absolute Gasteiger partial charge is 0.396 e. The summed E-state index contributed by atoms with van der Waals surface area (Å²) in [5, 5.41) is 24.6. The van der Waals surface area contributed by atoms with Crippen LogP contribution in [0.25, 0.3) is 16.9 Å². The highest BCUT2D eigenvalue weighted by atomic mass is 16.3. The molecule has 2 N–H and O–H groups in total. The molecular weight excluding hydrogens is 312 g/mol. The van der Waals surface area contributed by atoms with Crippen molar-refractivity contribution < 1.29 is 10.2 Å². The van der Waals surface area contributed by atoms with Gasteiger partial charge in [-0.05, 0) is 44.9 Å². The van der Waals surface area contributed by atoms with Crippen LogP contribution in [0.15, 0.2) is 60.7 Å². The molecule has 1 heterocycles. The number of aliphatic hydroxyl groups is 2. The van der Waals surface area contributed by atoms with Gasteiger partial charge in [-0.2, -0.15) is 5.10 Å². The summed E-state index contributed by atoms with van der Waals surface area (Å²) in [6, 6.07) is 20.1. The molecule has 0 saturated heterocycles. The molecule has 0 fully saturated rings. The van der Waals surface area contributed by atoms with Crippen LogP contribution in [0.3, 0.4) is 0 Å². The number of aryl methyl sites for hydroxylation is 1. The Bertz CT molecular complexity index is 821. The lowest BCUT2D eigenvalue weighted by molar-refractivity contribution is 0.0357. The summed E-state index contributed by atoms with van der Waals surface area (Å²) in [6.07, 6.45) is 0.994. The zero-order chi connectivity index (χ0) is 17.9. The topological polar surface area (TPSA) is 58.3 Å². The Morgan fingerprint density at radius 2 is 1.72 bits per heavy atom. The van der Waals surface area contributed by atoms with Gasteiger partial charge in [0, 0.05) is 12.2 Å². The Morgan fingerprint density at radius 3 is 2.36 bits per heavy atom. The first-order chi connectivity index (χ1) is 12.0. The Kier molecular flexibility index (Phi) is 5.02. The third kappa shape index (κ3) is 3.81. The minimum absolute atomic E-state index is 0.0559. The van der Waals surface area contributed by atoms with Gasteiger partial charge in [-0.15, -0.1) is 0 Å². The van der Waals surface area contributed by atoms with Crippen LogP contribution in [-0.4, -0.2) is 26.6 Å². The van der Waals surface area contributed by atoms with Crippen LogP contribution in [0.5, 0.6) is 0 Å². The van der Waals surface area contributed by atoms with Crippen molar-refractivity contribution in [3.05, 3.63) is 71.9 Å². The Hall–Kier alpha value is -2.43. The lowest BCUT2D eigenvalue weighted by atomic mass is 9.96. The fraction of sp³-hybridized carbons (Fsp3) is 0.286. The van der Waals surface area contributed by atoms with Gasteiger partial charge in [0.1, 0.15) is 5.60 Å². The summed E-state index contributed by atoms with van der Waals surface area (Å²) in [7, 11) is 0. The molecule has 25 heavy (non-hydrogen) atoms. The van der Waals surface area contributed by atoms with E-state index in [1.165, 1.54) is 5.56 Å². The second kappa shape index (κ2) is 7.21. The lowest BCUT2D eigenvalue weighted by Gasteiger charge is -2.20. The van der Waals surface area contributed by atoms with Gasteiger partial charge in [0.2, 0.25) is 0 Å². The highest BCUT2D eigenvalue weighted by Gasteiger charge is 2.27. The summed E-state index contributed by atoms with van der Waals surface area (Å²) < 4.78 is 1.87. The maximum Gasteiger partial charge on any atom is 0.106 e. The molecule has 1 unspecified atom stereocenters. The van der Waals surface area contributed by atoms with E-state index >= 15 is 0 Å². The van der Waals surface area contributed by atoms with E-state index in [1.54, 1.807) is 6.92 Å². The van der Waals surface area contributed by atoms with Gasteiger partial charge < -0.3 is 10.2 Å². The maximum atomic E-state index is 10.8. The lowest BCUT2D eigenvalue weighted by Crippen LogP contribution is -2.22. The van der Waals surface area contributed by atoms with E-state index in [-0.39, 0.29) is 6.61 Å². The molecule has 2 aromatic carbocycles. The van der Waals surface area contributed by atoms with E-state index in [1.807, 2.05) is 53.2 Å². The first-order valence-corrected chi connectivity index (χ1v) is 8.57. The van der Waals surface area contributed by atoms with Crippen LogP contribution < -0.4 is 0 Å². The summed E-state index contributed by atoms with van der Waals surface area (Å²) in [5.74, 6) is 0. The highest BCUT2D eigenvalue weighted by molar-refractivity contribution is 5.63. The normalized spacial score (nSPS) is 13.6. The molecule has 0 saturated carbocycles. The number of hydrogen-bond donors (Lipinski definition) is 2. The molecule has 0 spiro atoms. The fourth-order valence-corrected chi connectivity index (χ4v) is 2.89. The highest BCUT2D eigenvalue weighted by Crippen LogP contribution is 2.31. The second-order valence-electron chi connectivity index (χ2n) is 6.63. The quantitative estimate of drug-likeness (QED) is 0.719. The summed E-state index contributed by atoms with van der Waals surface area (Å²) in [5.41, 5.74) is 3.65. The van der Waals surface area contributed by atoms with E-state index in [2.05, 4.69) is 19.1 Å². The van der Waals surface area contributed by atoms with E-state index in [0.717, 1.165) is 16.9 Å². The third-order valence-electron chi connectivity index (χ3n) is 4.43. The standard InChI is InChI=1S/C21H24N2O2/c1-16-9-11-18(12-10-16)23-19(17-7-4-3-5-8-17)15-20(22-23)21(2,25)13-6-14-24/h3-5,7-12,15,24-25H,6,13-14H2,1-2H3. The first-order valence-electron chi connectivity index (χ1n) is 8.57. The predicted molar refractivity (Wildman–Crippen MR) is 99.6 cm³/mol. The van der Waals surface area contributed by atoms with Crippen LogP contribution in [0.4, 0.5) is 0 Å². The van der Waals surface area contributed by atoms with Gasteiger partial charge in [-0.3, -0.25) is 0 Å². The fourth-order valence-electron chi connectivity index (χ4n) is 2.89. The molecule has 3 rings (SSSR count). The SMILES string of the molecule is Cc1ccc(-n2nc(C(C)(O)CCCO)cc2-c2ccccc2)cc1. The van der Waals surface area contributed by atoms with Gasteiger partial charge in [0.15, 0.2) is 0 Å². The van der Waals surface area contributed by atoms with Crippen molar-refractivity contribution in [1.82, 2.24) is 9.78 Å². The van der Waals surface area contributed by atoms with Crippen molar-refractivity contribution in [2.45, 2.75) is 32.3 Å².